The molecular weight excluding hydrogens is 266 g/mol. The number of anilines is 1. The minimum Gasteiger partial charge on any atom is -0.493 e. The number of hydrogen-bond donors (Lipinski definition) is 1. The first kappa shape index (κ1) is 13.2. The standard InChI is InChI=1S/C12H15N3OS2/c1-9-2-4-10(5-3-9)16-6-7-17-8-11-14-15-12(13)18-11/h2-5H,6-8H2,1H3,(H2,13,15). The Morgan fingerprint density at radius 3 is 2.72 bits per heavy atom. The number of ether oxygens (including phenoxy) is 1. The van der Waals surface area contributed by atoms with Gasteiger partial charge in [-0.1, -0.05) is 29.0 Å². The lowest BCUT2D eigenvalue weighted by atomic mass is 10.2. The number of rotatable bonds is 6. The van der Waals surface area contributed by atoms with Crippen LogP contribution in [-0.4, -0.2) is 22.6 Å². The van der Waals surface area contributed by atoms with Gasteiger partial charge in [0.25, 0.3) is 0 Å². The van der Waals surface area contributed by atoms with Crippen LogP contribution in [0.4, 0.5) is 5.13 Å². The predicted octanol–water partition coefficient (Wildman–Crippen LogP) is 2.74. The second-order valence-corrected chi connectivity index (χ2v) is 5.95. The van der Waals surface area contributed by atoms with Gasteiger partial charge in [-0.15, -0.1) is 10.2 Å². The lowest BCUT2D eigenvalue weighted by Gasteiger charge is -2.05. The molecule has 4 nitrogen and oxygen atoms in total. The molecule has 6 heteroatoms. The number of nitrogen functional groups attached to an aromatic ring is 1. The summed E-state index contributed by atoms with van der Waals surface area (Å²) in [7, 11) is 0. The Bertz CT molecular complexity index is 484. The summed E-state index contributed by atoms with van der Waals surface area (Å²) in [5.74, 6) is 2.68. The van der Waals surface area contributed by atoms with Crippen molar-refractivity contribution in [3.8, 4) is 5.75 Å². The first-order valence-electron chi connectivity index (χ1n) is 5.59. The Morgan fingerprint density at radius 2 is 2.06 bits per heavy atom. The summed E-state index contributed by atoms with van der Waals surface area (Å²) < 4.78 is 5.63. The van der Waals surface area contributed by atoms with E-state index in [0.29, 0.717) is 11.7 Å². The summed E-state index contributed by atoms with van der Waals surface area (Å²) in [5, 5.41) is 9.23. The van der Waals surface area contributed by atoms with Gasteiger partial charge in [0.1, 0.15) is 10.8 Å². The normalized spacial score (nSPS) is 10.5. The number of nitrogens with two attached hydrogens (primary N) is 1. The number of hydrogen-bond acceptors (Lipinski definition) is 6. The van der Waals surface area contributed by atoms with Crippen LogP contribution in [0.2, 0.25) is 0 Å². The van der Waals surface area contributed by atoms with E-state index in [9.17, 15) is 0 Å². The molecule has 18 heavy (non-hydrogen) atoms. The minimum absolute atomic E-state index is 0.529. The number of benzene rings is 1. The Hall–Kier alpha value is -1.27. The van der Waals surface area contributed by atoms with Gasteiger partial charge in [-0.25, -0.2) is 0 Å². The summed E-state index contributed by atoms with van der Waals surface area (Å²) in [5.41, 5.74) is 6.75. The van der Waals surface area contributed by atoms with Crippen molar-refractivity contribution in [2.45, 2.75) is 12.7 Å². The molecule has 0 saturated carbocycles. The van der Waals surface area contributed by atoms with E-state index in [0.717, 1.165) is 22.3 Å². The van der Waals surface area contributed by atoms with Crippen molar-refractivity contribution in [3.05, 3.63) is 34.8 Å². The fraction of sp³-hybridized carbons (Fsp3) is 0.333. The molecule has 0 radical (unpaired) electrons. The van der Waals surface area contributed by atoms with Gasteiger partial charge in [-0.2, -0.15) is 11.8 Å². The average Bonchev–Trinajstić information content (AvgIpc) is 2.77. The summed E-state index contributed by atoms with van der Waals surface area (Å²) in [4.78, 5) is 0. The highest BCUT2D eigenvalue weighted by molar-refractivity contribution is 7.98. The van der Waals surface area contributed by atoms with Gasteiger partial charge in [0.15, 0.2) is 0 Å². The average molecular weight is 281 g/mol. The minimum atomic E-state index is 0.529. The van der Waals surface area contributed by atoms with Gasteiger partial charge >= 0.3 is 0 Å². The van der Waals surface area contributed by atoms with Crippen LogP contribution in [0.3, 0.4) is 0 Å². The molecule has 1 heterocycles. The lowest BCUT2D eigenvalue weighted by molar-refractivity contribution is 0.344. The van der Waals surface area contributed by atoms with E-state index in [1.165, 1.54) is 16.9 Å². The van der Waals surface area contributed by atoms with Crippen molar-refractivity contribution >= 4 is 28.2 Å². The molecule has 0 unspecified atom stereocenters. The van der Waals surface area contributed by atoms with Crippen molar-refractivity contribution in [1.82, 2.24) is 10.2 Å². The number of aromatic nitrogens is 2. The van der Waals surface area contributed by atoms with Gasteiger partial charge in [0.05, 0.1) is 6.61 Å². The highest BCUT2D eigenvalue weighted by Crippen LogP contribution is 2.18. The molecule has 0 amide bonds. The Morgan fingerprint density at radius 1 is 1.28 bits per heavy atom. The second kappa shape index (κ2) is 6.61. The molecular formula is C12H15N3OS2. The van der Waals surface area contributed by atoms with Crippen LogP contribution in [0, 0.1) is 6.92 Å². The van der Waals surface area contributed by atoms with Crippen LogP contribution in [0.15, 0.2) is 24.3 Å². The fourth-order valence-electron chi connectivity index (χ4n) is 1.34. The first-order chi connectivity index (χ1) is 8.74. The molecule has 1 aromatic carbocycles. The van der Waals surface area contributed by atoms with Gasteiger partial charge in [0.2, 0.25) is 5.13 Å². The first-order valence-corrected chi connectivity index (χ1v) is 7.56. The Labute approximate surface area is 115 Å². The van der Waals surface area contributed by atoms with E-state index < -0.39 is 0 Å². The Balaban J connectivity index is 1.63. The molecule has 2 N–H and O–H groups in total. The maximum Gasteiger partial charge on any atom is 0.203 e. The highest BCUT2D eigenvalue weighted by Gasteiger charge is 2.01. The molecule has 0 bridgehead atoms. The quantitative estimate of drug-likeness (QED) is 0.825. The summed E-state index contributed by atoms with van der Waals surface area (Å²) in [6.45, 7) is 2.76. The van der Waals surface area contributed by atoms with E-state index in [1.807, 2.05) is 24.3 Å². The van der Waals surface area contributed by atoms with Crippen LogP contribution in [0.5, 0.6) is 5.75 Å². The van der Waals surface area contributed by atoms with Crippen LogP contribution < -0.4 is 10.5 Å². The van der Waals surface area contributed by atoms with Gasteiger partial charge in [-0.3, -0.25) is 0 Å². The van der Waals surface area contributed by atoms with Crippen molar-refractivity contribution in [3.63, 3.8) is 0 Å². The third-order valence-electron chi connectivity index (χ3n) is 2.23. The molecule has 0 aliphatic carbocycles. The molecule has 1 aromatic heterocycles. The lowest BCUT2D eigenvalue weighted by Crippen LogP contribution is -2.00. The molecule has 0 aliphatic heterocycles. The van der Waals surface area contributed by atoms with E-state index >= 15 is 0 Å². The van der Waals surface area contributed by atoms with E-state index in [4.69, 9.17) is 10.5 Å². The van der Waals surface area contributed by atoms with E-state index in [2.05, 4.69) is 17.1 Å². The van der Waals surface area contributed by atoms with Crippen molar-refractivity contribution in [2.24, 2.45) is 0 Å². The smallest absolute Gasteiger partial charge is 0.203 e. The Kier molecular flexibility index (Phi) is 4.83. The molecule has 0 fully saturated rings. The van der Waals surface area contributed by atoms with Crippen LogP contribution >= 0.6 is 23.1 Å². The van der Waals surface area contributed by atoms with Crippen LogP contribution in [0.1, 0.15) is 10.6 Å². The molecule has 2 rings (SSSR count). The maximum atomic E-state index is 5.63. The molecule has 0 saturated heterocycles. The molecule has 0 aliphatic rings. The van der Waals surface area contributed by atoms with Gasteiger partial charge in [0, 0.05) is 11.5 Å². The molecule has 0 atom stereocenters. The predicted molar refractivity (Wildman–Crippen MR) is 77.2 cm³/mol. The topological polar surface area (TPSA) is 61.0 Å². The zero-order chi connectivity index (χ0) is 12.8. The van der Waals surface area contributed by atoms with Gasteiger partial charge < -0.3 is 10.5 Å². The van der Waals surface area contributed by atoms with Crippen molar-refractivity contribution < 1.29 is 4.74 Å². The van der Waals surface area contributed by atoms with Crippen LogP contribution in [0.25, 0.3) is 0 Å². The summed E-state index contributed by atoms with van der Waals surface area (Å²) in [6.07, 6.45) is 0. The van der Waals surface area contributed by atoms with Crippen molar-refractivity contribution in [1.29, 1.82) is 0 Å². The zero-order valence-electron chi connectivity index (χ0n) is 10.1. The number of nitrogens with zero attached hydrogens (tertiary/aromatic N) is 2. The molecule has 2 aromatic rings. The second-order valence-electron chi connectivity index (χ2n) is 3.75. The maximum absolute atomic E-state index is 5.63. The van der Waals surface area contributed by atoms with Gasteiger partial charge in [-0.05, 0) is 19.1 Å². The summed E-state index contributed by atoms with van der Waals surface area (Å²) >= 11 is 3.21. The largest absolute Gasteiger partial charge is 0.493 e. The number of aryl methyl sites for hydroxylation is 1. The van der Waals surface area contributed by atoms with E-state index in [1.54, 1.807) is 11.8 Å². The molecule has 0 spiro atoms. The third-order valence-corrected chi connectivity index (χ3v) is 4.09. The summed E-state index contributed by atoms with van der Waals surface area (Å²) in [6, 6.07) is 8.08. The monoisotopic (exact) mass is 281 g/mol. The SMILES string of the molecule is Cc1ccc(OCCSCc2nnc(N)s2)cc1. The fourth-order valence-corrected chi connectivity index (χ4v) is 2.81. The van der Waals surface area contributed by atoms with Crippen LogP contribution in [-0.2, 0) is 5.75 Å². The third kappa shape index (κ3) is 4.19. The van der Waals surface area contributed by atoms with Crippen molar-refractivity contribution in [2.75, 3.05) is 18.1 Å². The highest BCUT2D eigenvalue weighted by atomic mass is 32.2. The van der Waals surface area contributed by atoms with E-state index in [-0.39, 0.29) is 0 Å². The molecule has 96 valence electrons. The number of thioether (sulfide) groups is 1. The zero-order valence-corrected chi connectivity index (χ0v) is 11.8.